The predicted molar refractivity (Wildman–Crippen MR) is 120 cm³/mol. The molecule has 1 aliphatic heterocycles. The molecule has 2 N–H and O–H groups in total. The first-order valence-corrected chi connectivity index (χ1v) is 11.5. The maximum atomic E-state index is 13.3. The van der Waals surface area contributed by atoms with Gasteiger partial charge in [-0.3, -0.25) is 0 Å². The van der Waals surface area contributed by atoms with Gasteiger partial charge in [-0.15, -0.1) is 0 Å². The normalized spacial score (nSPS) is 15.0. The highest BCUT2D eigenvalue weighted by molar-refractivity contribution is 7.95. The Morgan fingerprint density at radius 1 is 1.13 bits per heavy atom. The first-order chi connectivity index (χ1) is 14.5. The van der Waals surface area contributed by atoms with Gasteiger partial charge in [-0.1, -0.05) is 32.4 Å². The molecule has 2 aromatic rings. The van der Waals surface area contributed by atoms with Crippen molar-refractivity contribution in [1.82, 2.24) is 5.32 Å². The quantitative estimate of drug-likeness (QED) is 0.602. The van der Waals surface area contributed by atoms with Gasteiger partial charge in [0.25, 0.3) is 0 Å². The Morgan fingerprint density at radius 2 is 1.77 bits per heavy atom. The molecule has 1 atom stereocenters. The summed E-state index contributed by atoms with van der Waals surface area (Å²) >= 11 is 5.89. The molecule has 0 amide bonds. The molecule has 0 bridgehead atoms. The monoisotopic (exact) mass is 461 g/mol. The van der Waals surface area contributed by atoms with E-state index < -0.39 is 14.7 Å². The van der Waals surface area contributed by atoms with Crippen LogP contribution in [0.4, 0.5) is 5.69 Å². The van der Waals surface area contributed by atoms with Crippen LogP contribution in [0.3, 0.4) is 0 Å². The highest BCUT2D eigenvalue weighted by Crippen LogP contribution is 2.35. The number of benzene rings is 2. The Balaban J connectivity index is 2.09. The summed E-state index contributed by atoms with van der Waals surface area (Å²) in [5, 5.41) is 16.5. The maximum absolute atomic E-state index is 13.3. The smallest absolute Gasteiger partial charge is 0.231 e. The topological polar surface area (TPSA) is 100 Å². The van der Waals surface area contributed by atoms with Crippen molar-refractivity contribution in [1.29, 1.82) is 5.26 Å². The molecule has 0 aliphatic carbocycles. The van der Waals surface area contributed by atoms with Crippen molar-refractivity contribution in [2.45, 2.75) is 38.6 Å². The number of hydrogen-bond donors (Lipinski definition) is 2. The molecule has 1 heterocycles. The van der Waals surface area contributed by atoms with E-state index in [-0.39, 0.29) is 29.0 Å². The standard InChI is InChI=1S/C22H24ClN3O4S/c1-14(22(2,3)4)25-21(26-16-7-10-18-19(11-16)30-13-29-18)20(12-24)31(27,28)17-8-5-15(23)6-9-17/h5-11,14,25-26H,13H2,1-4H3. The van der Waals surface area contributed by atoms with Crippen LogP contribution in [-0.4, -0.2) is 21.3 Å². The molecule has 0 saturated carbocycles. The minimum absolute atomic E-state index is 0.0244. The van der Waals surface area contributed by atoms with Crippen molar-refractivity contribution >= 4 is 27.1 Å². The van der Waals surface area contributed by atoms with Crippen LogP contribution in [0, 0.1) is 16.7 Å². The third-order valence-electron chi connectivity index (χ3n) is 5.02. The van der Waals surface area contributed by atoms with E-state index in [4.69, 9.17) is 21.1 Å². The Bertz CT molecular complexity index is 1150. The largest absolute Gasteiger partial charge is 0.454 e. The number of halogens is 1. The van der Waals surface area contributed by atoms with E-state index in [1.54, 1.807) is 18.2 Å². The maximum Gasteiger partial charge on any atom is 0.231 e. The molecular formula is C22H24ClN3O4S. The molecule has 1 unspecified atom stereocenters. The number of ether oxygens (including phenoxy) is 2. The Kier molecular flexibility index (Phi) is 6.39. The van der Waals surface area contributed by atoms with Crippen LogP contribution < -0.4 is 20.1 Å². The summed E-state index contributed by atoms with van der Waals surface area (Å²) in [5.74, 6) is 1.22. The molecule has 0 spiro atoms. The van der Waals surface area contributed by atoms with Crippen LogP contribution in [0.2, 0.25) is 5.02 Å². The number of hydrogen-bond acceptors (Lipinski definition) is 7. The van der Waals surface area contributed by atoms with E-state index in [0.717, 1.165) is 0 Å². The van der Waals surface area contributed by atoms with Gasteiger partial charge in [0.05, 0.1) is 4.90 Å². The molecule has 0 fully saturated rings. The minimum Gasteiger partial charge on any atom is -0.454 e. The third kappa shape index (κ3) is 5.06. The molecule has 164 valence electrons. The summed E-state index contributed by atoms with van der Waals surface area (Å²) < 4.78 is 37.3. The number of nitrogens with one attached hydrogen (secondary N) is 2. The summed E-state index contributed by atoms with van der Waals surface area (Å²) in [4.78, 5) is -0.452. The first-order valence-electron chi connectivity index (χ1n) is 9.60. The van der Waals surface area contributed by atoms with Crippen LogP contribution in [0.15, 0.2) is 58.1 Å². The fourth-order valence-electron chi connectivity index (χ4n) is 2.69. The van der Waals surface area contributed by atoms with Crippen LogP contribution >= 0.6 is 11.6 Å². The molecule has 7 nitrogen and oxygen atoms in total. The highest BCUT2D eigenvalue weighted by atomic mass is 35.5. The summed E-state index contributed by atoms with van der Waals surface area (Å²) in [6, 6.07) is 12.5. The van der Waals surface area contributed by atoms with Crippen LogP contribution in [0.1, 0.15) is 27.7 Å². The zero-order valence-corrected chi connectivity index (χ0v) is 19.3. The van der Waals surface area contributed by atoms with Gasteiger partial charge in [-0.05, 0) is 48.7 Å². The van der Waals surface area contributed by atoms with Crippen LogP contribution in [0.25, 0.3) is 0 Å². The number of sulfone groups is 1. The zero-order chi connectivity index (χ0) is 22.8. The van der Waals surface area contributed by atoms with Gasteiger partial charge in [-0.25, -0.2) is 8.42 Å². The molecular weight excluding hydrogens is 438 g/mol. The van der Waals surface area contributed by atoms with Crippen molar-refractivity contribution in [3.05, 3.63) is 58.2 Å². The Morgan fingerprint density at radius 3 is 2.39 bits per heavy atom. The van der Waals surface area contributed by atoms with E-state index in [1.165, 1.54) is 24.3 Å². The van der Waals surface area contributed by atoms with Gasteiger partial charge >= 0.3 is 0 Å². The number of fused-ring (bicyclic) bond motifs is 1. The fourth-order valence-corrected chi connectivity index (χ4v) is 4.05. The lowest BCUT2D eigenvalue weighted by Crippen LogP contribution is -2.40. The lowest BCUT2D eigenvalue weighted by molar-refractivity contribution is 0.174. The van der Waals surface area contributed by atoms with E-state index in [2.05, 4.69) is 10.6 Å². The molecule has 0 saturated heterocycles. The van der Waals surface area contributed by atoms with Crippen molar-refractivity contribution in [3.8, 4) is 17.6 Å². The van der Waals surface area contributed by atoms with Crippen molar-refractivity contribution in [2.75, 3.05) is 12.1 Å². The highest BCUT2D eigenvalue weighted by Gasteiger charge is 2.29. The number of nitriles is 1. The molecule has 1 aliphatic rings. The molecule has 31 heavy (non-hydrogen) atoms. The average Bonchev–Trinajstić information content (AvgIpc) is 3.15. The van der Waals surface area contributed by atoms with E-state index in [0.29, 0.717) is 22.2 Å². The molecule has 0 aromatic heterocycles. The van der Waals surface area contributed by atoms with Crippen molar-refractivity contribution in [3.63, 3.8) is 0 Å². The summed E-state index contributed by atoms with van der Waals surface area (Å²) in [5.41, 5.74) is 0.346. The minimum atomic E-state index is -4.11. The van der Waals surface area contributed by atoms with Gasteiger partial charge in [0.1, 0.15) is 11.9 Å². The second kappa shape index (κ2) is 8.69. The van der Waals surface area contributed by atoms with Gasteiger partial charge < -0.3 is 20.1 Å². The van der Waals surface area contributed by atoms with Crippen LogP contribution in [0.5, 0.6) is 11.5 Å². The average molecular weight is 462 g/mol. The second-order valence-electron chi connectivity index (χ2n) is 8.20. The second-order valence-corrected chi connectivity index (χ2v) is 10.5. The SMILES string of the molecule is CC(NC(Nc1ccc2c(c1)OCO2)=C(C#N)S(=O)(=O)c1ccc(Cl)cc1)C(C)(C)C. The lowest BCUT2D eigenvalue weighted by atomic mass is 9.88. The van der Waals surface area contributed by atoms with Gasteiger partial charge in [-0.2, -0.15) is 5.26 Å². The van der Waals surface area contributed by atoms with Crippen molar-refractivity contribution < 1.29 is 17.9 Å². The molecule has 0 radical (unpaired) electrons. The summed E-state index contributed by atoms with van der Waals surface area (Å²) in [6.07, 6.45) is 0. The summed E-state index contributed by atoms with van der Waals surface area (Å²) in [7, 11) is -4.11. The number of allylic oxidation sites excluding steroid dienone is 1. The lowest BCUT2D eigenvalue weighted by Gasteiger charge is -2.30. The Labute approximate surface area is 187 Å². The third-order valence-corrected chi connectivity index (χ3v) is 7.00. The fraction of sp³-hybridized carbons (Fsp3) is 0.318. The number of anilines is 1. The summed E-state index contributed by atoms with van der Waals surface area (Å²) in [6.45, 7) is 8.09. The van der Waals surface area contributed by atoms with Gasteiger partial charge in [0.15, 0.2) is 16.4 Å². The van der Waals surface area contributed by atoms with Crippen LogP contribution in [-0.2, 0) is 9.84 Å². The zero-order valence-electron chi connectivity index (χ0n) is 17.7. The van der Waals surface area contributed by atoms with Crippen molar-refractivity contribution in [2.24, 2.45) is 5.41 Å². The number of rotatable bonds is 6. The molecule has 2 aromatic carbocycles. The van der Waals surface area contributed by atoms with Gasteiger partial charge in [0, 0.05) is 22.8 Å². The first kappa shape index (κ1) is 22.8. The number of nitrogens with zero attached hydrogens (tertiary/aromatic N) is 1. The van der Waals surface area contributed by atoms with Gasteiger partial charge in [0.2, 0.25) is 16.6 Å². The van der Waals surface area contributed by atoms with E-state index in [1.807, 2.05) is 33.8 Å². The van der Waals surface area contributed by atoms with E-state index in [9.17, 15) is 13.7 Å². The van der Waals surface area contributed by atoms with E-state index >= 15 is 0 Å². The predicted octanol–water partition coefficient (Wildman–Crippen LogP) is 4.67. The Hall–Kier alpha value is -2.89. The molecule has 3 rings (SSSR count). The molecule has 9 heteroatoms.